The van der Waals surface area contributed by atoms with Crippen molar-refractivity contribution in [3.05, 3.63) is 48.0 Å². The minimum atomic E-state index is -1.25. The Morgan fingerprint density at radius 3 is 2.41 bits per heavy atom. The summed E-state index contributed by atoms with van der Waals surface area (Å²) in [5, 5.41) is 18.6. The van der Waals surface area contributed by atoms with Crippen molar-refractivity contribution >= 4 is 17.9 Å². The highest BCUT2D eigenvalue weighted by Gasteiger charge is 2.18. The second kappa shape index (κ2) is 8.58. The smallest absolute Gasteiger partial charge is 0.339 e. The molecule has 1 rings (SSSR count). The Balaban J connectivity index is 2.47. The van der Waals surface area contributed by atoms with Crippen LogP contribution >= 0.6 is 0 Å². The summed E-state index contributed by atoms with van der Waals surface area (Å²) in [6.45, 7) is 2.84. The average molecular weight is 308 g/mol. The quantitative estimate of drug-likeness (QED) is 0.545. The van der Waals surface area contributed by atoms with Crippen LogP contribution in [0.1, 0.15) is 27.1 Å². The maximum atomic E-state index is 11.8. The molecule has 0 saturated heterocycles. The molecule has 0 heterocycles. The van der Waals surface area contributed by atoms with Crippen LogP contribution < -0.4 is 0 Å². The molecule has 1 unspecified atom stereocenters. The number of aliphatic hydroxyl groups is 1. The third-order valence-electron chi connectivity index (χ3n) is 2.65. The van der Waals surface area contributed by atoms with Gasteiger partial charge in [0.2, 0.25) is 0 Å². The number of hydrogen-bond acceptors (Lipinski definition) is 6. The van der Waals surface area contributed by atoms with E-state index in [1.807, 2.05) is 0 Å². The highest BCUT2D eigenvalue weighted by Crippen LogP contribution is 2.10. The molecule has 1 atom stereocenters. The highest BCUT2D eigenvalue weighted by molar-refractivity contribution is 6.02. The van der Waals surface area contributed by atoms with Crippen molar-refractivity contribution in [3.8, 4) is 0 Å². The Kier molecular flexibility index (Phi) is 6.78. The summed E-state index contributed by atoms with van der Waals surface area (Å²) in [7, 11) is 0. The van der Waals surface area contributed by atoms with Crippen molar-refractivity contribution in [1.29, 1.82) is 0 Å². The minimum absolute atomic E-state index is 0.0463. The first-order chi connectivity index (χ1) is 10.5. The normalized spacial score (nSPS) is 11.3. The molecule has 0 spiro atoms. The van der Waals surface area contributed by atoms with E-state index in [9.17, 15) is 19.5 Å². The third-order valence-corrected chi connectivity index (χ3v) is 2.65. The largest absolute Gasteiger partial charge is 0.478 e. The van der Waals surface area contributed by atoms with Gasteiger partial charge < -0.3 is 19.7 Å². The monoisotopic (exact) mass is 308 g/mol. The van der Waals surface area contributed by atoms with Crippen molar-refractivity contribution in [1.82, 2.24) is 0 Å². The van der Waals surface area contributed by atoms with Gasteiger partial charge in [0.25, 0.3) is 0 Å². The lowest BCUT2D eigenvalue weighted by molar-refractivity contribution is -0.138. The van der Waals surface area contributed by atoms with Crippen molar-refractivity contribution in [3.63, 3.8) is 0 Å². The molecule has 7 nitrogen and oxygen atoms in total. The molecule has 7 heteroatoms. The van der Waals surface area contributed by atoms with Crippen LogP contribution in [0.4, 0.5) is 0 Å². The average Bonchev–Trinajstić information content (AvgIpc) is 2.52. The Morgan fingerprint density at radius 2 is 1.82 bits per heavy atom. The number of carboxylic acids is 1. The molecular weight excluding hydrogens is 292 g/mol. The number of hydrogen-bond donors (Lipinski definition) is 2. The fraction of sp³-hybridized carbons (Fsp3) is 0.267. The summed E-state index contributed by atoms with van der Waals surface area (Å²) in [6, 6.07) is 5.60. The predicted octanol–water partition coefficient (Wildman–Crippen LogP) is 1.02. The predicted molar refractivity (Wildman–Crippen MR) is 75.5 cm³/mol. The number of benzene rings is 1. The number of ether oxygens (including phenoxy) is 2. The fourth-order valence-electron chi connectivity index (χ4n) is 1.54. The summed E-state index contributed by atoms with van der Waals surface area (Å²) in [5.74, 6) is -2.70. The van der Waals surface area contributed by atoms with Gasteiger partial charge in [-0.1, -0.05) is 18.7 Å². The molecule has 0 aliphatic heterocycles. The van der Waals surface area contributed by atoms with Gasteiger partial charge in [0, 0.05) is 12.5 Å². The van der Waals surface area contributed by atoms with E-state index in [1.165, 1.54) is 24.3 Å². The van der Waals surface area contributed by atoms with Crippen molar-refractivity contribution in [2.45, 2.75) is 12.5 Å². The number of carbonyl (C=O) groups excluding carboxylic acids is 2. The Bertz CT molecular complexity index is 565. The minimum Gasteiger partial charge on any atom is -0.478 e. The lowest BCUT2D eigenvalue weighted by Gasteiger charge is -2.12. The van der Waals surface area contributed by atoms with Gasteiger partial charge in [0.15, 0.2) is 0 Å². The van der Waals surface area contributed by atoms with Crippen molar-refractivity contribution in [2.75, 3.05) is 13.2 Å². The number of esters is 2. The van der Waals surface area contributed by atoms with E-state index in [0.29, 0.717) is 0 Å². The molecule has 0 fully saturated rings. The van der Waals surface area contributed by atoms with Gasteiger partial charge in [-0.2, -0.15) is 0 Å². The summed E-state index contributed by atoms with van der Waals surface area (Å²) in [6.07, 6.45) is 0.0430. The van der Waals surface area contributed by atoms with E-state index in [4.69, 9.17) is 9.84 Å². The van der Waals surface area contributed by atoms with Crippen LogP contribution in [0, 0.1) is 0 Å². The van der Waals surface area contributed by atoms with Crippen LogP contribution in [0.2, 0.25) is 0 Å². The van der Waals surface area contributed by atoms with E-state index >= 15 is 0 Å². The molecule has 0 bridgehead atoms. The second-order valence-electron chi connectivity index (χ2n) is 4.26. The molecule has 0 aromatic heterocycles. The van der Waals surface area contributed by atoms with E-state index in [1.54, 1.807) is 0 Å². The van der Waals surface area contributed by atoms with E-state index in [0.717, 1.165) is 6.08 Å². The molecule has 1 aromatic carbocycles. The fourth-order valence-corrected chi connectivity index (χ4v) is 1.54. The summed E-state index contributed by atoms with van der Waals surface area (Å²) in [4.78, 5) is 33.6. The molecule has 0 radical (unpaired) electrons. The van der Waals surface area contributed by atoms with Gasteiger partial charge in [-0.05, 0) is 12.1 Å². The van der Waals surface area contributed by atoms with Gasteiger partial charge in [-0.3, -0.25) is 0 Å². The molecule has 0 amide bonds. The summed E-state index contributed by atoms with van der Waals surface area (Å²) >= 11 is 0. The molecule has 1 aromatic rings. The first-order valence-electron chi connectivity index (χ1n) is 6.42. The van der Waals surface area contributed by atoms with Gasteiger partial charge in [0.05, 0.1) is 23.8 Å². The lowest BCUT2D eigenvalue weighted by Crippen LogP contribution is -2.22. The molecule has 2 N–H and O–H groups in total. The number of aliphatic hydroxyl groups excluding tert-OH is 1. The zero-order valence-corrected chi connectivity index (χ0v) is 11.7. The SMILES string of the molecule is C=CC(=O)OCCC(O)COC(=O)c1ccccc1C(=O)O. The molecule has 0 aliphatic rings. The van der Waals surface area contributed by atoms with E-state index < -0.39 is 24.0 Å². The first-order valence-corrected chi connectivity index (χ1v) is 6.42. The van der Waals surface area contributed by atoms with Gasteiger partial charge in [0.1, 0.15) is 6.61 Å². The van der Waals surface area contributed by atoms with Crippen molar-refractivity contribution < 1.29 is 34.1 Å². The number of carboxylic acid groups (broad SMARTS) is 1. The molecular formula is C15H16O7. The standard InChI is InChI=1S/C15H16O7/c1-2-13(17)21-8-7-10(16)9-22-15(20)12-6-4-3-5-11(12)14(18)19/h2-6,10,16H,1,7-9H2,(H,18,19). The van der Waals surface area contributed by atoms with Gasteiger partial charge in [-0.25, -0.2) is 14.4 Å². The maximum Gasteiger partial charge on any atom is 0.339 e. The van der Waals surface area contributed by atoms with Gasteiger partial charge in [-0.15, -0.1) is 0 Å². The van der Waals surface area contributed by atoms with Crippen molar-refractivity contribution in [2.24, 2.45) is 0 Å². The Labute approximate surface area is 126 Å². The molecule has 0 saturated carbocycles. The summed E-state index contributed by atoms with van der Waals surface area (Å²) < 4.78 is 9.52. The lowest BCUT2D eigenvalue weighted by atomic mass is 10.1. The Hall–Kier alpha value is -2.67. The zero-order valence-electron chi connectivity index (χ0n) is 11.7. The van der Waals surface area contributed by atoms with E-state index in [-0.39, 0.29) is 30.8 Å². The van der Waals surface area contributed by atoms with Crippen LogP contribution in [0.5, 0.6) is 0 Å². The molecule has 0 aliphatic carbocycles. The van der Waals surface area contributed by atoms with Crippen LogP contribution in [-0.2, 0) is 14.3 Å². The van der Waals surface area contributed by atoms with Crippen LogP contribution in [0.3, 0.4) is 0 Å². The maximum absolute atomic E-state index is 11.8. The second-order valence-corrected chi connectivity index (χ2v) is 4.26. The van der Waals surface area contributed by atoms with Gasteiger partial charge >= 0.3 is 17.9 Å². The number of carbonyl (C=O) groups is 3. The first kappa shape index (κ1) is 17.4. The zero-order chi connectivity index (χ0) is 16.5. The number of aromatic carboxylic acids is 1. The third kappa shape index (κ3) is 5.37. The van der Waals surface area contributed by atoms with Crippen LogP contribution in [0.25, 0.3) is 0 Å². The van der Waals surface area contributed by atoms with Crippen LogP contribution in [0.15, 0.2) is 36.9 Å². The molecule has 118 valence electrons. The summed E-state index contributed by atoms with van der Waals surface area (Å²) in [5.41, 5.74) is -0.276. The topological polar surface area (TPSA) is 110 Å². The van der Waals surface area contributed by atoms with E-state index in [2.05, 4.69) is 11.3 Å². The Morgan fingerprint density at radius 1 is 1.18 bits per heavy atom. The highest BCUT2D eigenvalue weighted by atomic mass is 16.5. The molecule has 22 heavy (non-hydrogen) atoms. The number of rotatable bonds is 8. The van der Waals surface area contributed by atoms with Crippen LogP contribution in [-0.4, -0.2) is 47.4 Å².